The fraction of sp³-hybridized carbons (Fsp3) is 0.269. The Morgan fingerprint density at radius 2 is 1.68 bits per heavy atom. The average Bonchev–Trinajstić information content (AvgIpc) is 2.82. The molecule has 0 atom stereocenters. The highest BCUT2D eigenvalue weighted by atomic mass is 32.2. The summed E-state index contributed by atoms with van der Waals surface area (Å²) in [5.41, 5.74) is 4.29. The second-order valence-corrected chi connectivity index (χ2v) is 11.3. The van der Waals surface area contributed by atoms with Gasteiger partial charge in [-0.3, -0.25) is 14.4 Å². The number of carbonyl (C=O) groups excluding carboxylic acids is 1. The summed E-state index contributed by atoms with van der Waals surface area (Å²) in [6.07, 6.45) is 0. The maximum Gasteiger partial charge on any atom is 0.262 e. The summed E-state index contributed by atoms with van der Waals surface area (Å²) in [5.74, 6) is 2.04. The van der Waals surface area contributed by atoms with Crippen molar-refractivity contribution in [2.24, 2.45) is 0 Å². The molecule has 1 fully saturated rings. The Morgan fingerprint density at radius 1 is 0.971 bits per heavy atom. The van der Waals surface area contributed by atoms with Crippen LogP contribution in [0.3, 0.4) is 0 Å². The molecule has 4 rings (SSSR count). The molecule has 0 unspecified atom stereocenters. The second kappa shape index (κ2) is 10.6. The molecule has 0 saturated carbocycles. The summed E-state index contributed by atoms with van der Waals surface area (Å²) in [6.45, 7) is 6.52. The number of para-hydroxylation sites is 1. The van der Waals surface area contributed by atoms with Crippen LogP contribution in [-0.2, 0) is 16.6 Å². The van der Waals surface area contributed by atoms with E-state index in [1.165, 1.54) is 0 Å². The zero-order valence-electron chi connectivity index (χ0n) is 19.4. The van der Waals surface area contributed by atoms with E-state index < -0.39 is 10.0 Å². The van der Waals surface area contributed by atoms with E-state index in [-0.39, 0.29) is 10.8 Å². The maximum atomic E-state index is 12.9. The quantitative estimate of drug-likeness (QED) is 0.487. The monoisotopic (exact) mass is 495 g/mol. The van der Waals surface area contributed by atoms with Gasteiger partial charge in [0.2, 0.25) is 0 Å². The molecule has 6 nitrogen and oxygen atoms in total. The lowest BCUT2D eigenvalue weighted by atomic mass is 10.1. The van der Waals surface area contributed by atoms with Crippen molar-refractivity contribution in [3.63, 3.8) is 0 Å². The number of hydrogen-bond acceptors (Lipinski definition) is 5. The first-order valence-electron chi connectivity index (χ1n) is 11.2. The van der Waals surface area contributed by atoms with Crippen molar-refractivity contribution in [2.75, 3.05) is 34.6 Å². The largest absolute Gasteiger partial charge is 0.322 e. The number of carbonyl (C=O) groups is 1. The lowest BCUT2D eigenvalue weighted by molar-refractivity contribution is 0.102. The summed E-state index contributed by atoms with van der Waals surface area (Å²) < 4.78 is 28.3. The van der Waals surface area contributed by atoms with Crippen molar-refractivity contribution in [2.45, 2.75) is 25.3 Å². The van der Waals surface area contributed by atoms with Gasteiger partial charge in [0.05, 0.1) is 4.90 Å². The molecule has 1 aliphatic heterocycles. The minimum absolute atomic E-state index is 0.231. The van der Waals surface area contributed by atoms with Crippen molar-refractivity contribution >= 4 is 39.1 Å². The summed E-state index contributed by atoms with van der Waals surface area (Å²) in [5, 5.41) is 3.01. The third-order valence-electron chi connectivity index (χ3n) is 5.80. The fourth-order valence-electron chi connectivity index (χ4n) is 3.87. The van der Waals surface area contributed by atoms with Crippen LogP contribution < -0.4 is 10.0 Å². The molecule has 8 heteroatoms. The van der Waals surface area contributed by atoms with Crippen molar-refractivity contribution < 1.29 is 13.2 Å². The zero-order valence-corrected chi connectivity index (χ0v) is 21.0. The van der Waals surface area contributed by atoms with Crippen LogP contribution in [-0.4, -0.2) is 43.8 Å². The number of nitrogens with one attached hydrogen (secondary N) is 2. The van der Waals surface area contributed by atoms with Crippen LogP contribution in [0.1, 0.15) is 27.0 Å². The third kappa shape index (κ3) is 6.00. The molecule has 34 heavy (non-hydrogen) atoms. The average molecular weight is 496 g/mol. The molecular weight excluding hydrogens is 466 g/mol. The highest BCUT2D eigenvalue weighted by Gasteiger charge is 2.18. The van der Waals surface area contributed by atoms with Crippen LogP contribution in [0.25, 0.3) is 0 Å². The van der Waals surface area contributed by atoms with E-state index >= 15 is 0 Å². The van der Waals surface area contributed by atoms with Crippen molar-refractivity contribution in [1.29, 1.82) is 0 Å². The number of sulfonamides is 1. The number of benzene rings is 3. The van der Waals surface area contributed by atoms with Crippen LogP contribution in [0.2, 0.25) is 0 Å². The Hall–Kier alpha value is -2.81. The molecule has 0 aliphatic carbocycles. The predicted octanol–water partition coefficient (Wildman–Crippen LogP) is 4.91. The number of anilines is 2. The minimum Gasteiger partial charge on any atom is -0.322 e. The Labute approximate surface area is 205 Å². The van der Waals surface area contributed by atoms with E-state index in [2.05, 4.69) is 14.9 Å². The first-order chi connectivity index (χ1) is 16.3. The van der Waals surface area contributed by atoms with Crippen LogP contribution in [0, 0.1) is 13.8 Å². The van der Waals surface area contributed by atoms with Crippen molar-refractivity contribution in [3.05, 3.63) is 89.0 Å². The van der Waals surface area contributed by atoms with Gasteiger partial charge >= 0.3 is 0 Å². The summed E-state index contributed by atoms with van der Waals surface area (Å²) >= 11 is 1.97. The van der Waals surface area contributed by atoms with Gasteiger partial charge in [-0.2, -0.15) is 11.8 Å². The van der Waals surface area contributed by atoms with E-state index in [1.807, 2.05) is 49.0 Å². The van der Waals surface area contributed by atoms with Crippen LogP contribution >= 0.6 is 11.8 Å². The Kier molecular flexibility index (Phi) is 7.60. The molecule has 0 aromatic heterocycles. The van der Waals surface area contributed by atoms with Gasteiger partial charge in [-0.1, -0.05) is 30.3 Å². The number of aryl methyl sites for hydroxylation is 2. The topological polar surface area (TPSA) is 78.5 Å². The van der Waals surface area contributed by atoms with Gasteiger partial charge in [0.1, 0.15) is 0 Å². The van der Waals surface area contributed by atoms with Gasteiger partial charge in [0, 0.05) is 48.1 Å². The lowest BCUT2D eigenvalue weighted by Crippen LogP contribution is -2.32. The fourth-order valence-corrected chi connectivity index (χ4v) is 6.24. The van der Waals surface area contributed by atoms with Gasteiger partial charge in [-0.15, -0.1) is 0 Å². The van der Waals surface area contributed by atoms with Crippen LogP contribution in [0.4, 0.5) is 11.4 Å². The highest BCUT2D eigenvalue weighted by Crippen LogP contribution is 2.23. The molecule has 2 N–H and O–H groups in total. The van der Waals surface area contributed by atoms with Gasteiger partial charge < -0.3 is 5.32 Å². The van der Waals surface area contributed by atoms with E-state index in [0.29, 0.717) is 16.8 Å². The van der Waals surface area contributed by atoms with Crippen molar-refractivity contribution in [1.82, 2.24) is 4.90 Å². The SMILES string of the molecule is Cc1ccc(C)c(S(=O)(=O)Nc2ccc(C(=O)Nc3ccccc3CN3CCSCC3)cc2)c1. The molecule has 3 aromatic rings. The predicted molar refractivity (Wildman–Crippen MR) is 140 cm³/mol. The molecule has 1 saturated heterocycles. The smallest absolute Gasteiger partial charge is 0.262 e. The molecule has 0 spiro atoms. The summed E-state index contributed by atoms with van der Waals surface area (Å²) in [6, 6.07) is 19.6. The lowest BCUT2D eigenvalue weighted by Gasteiger charge is -2.27. The van der Waals surface area contributed by atoms with Gasteiger partial charge in [-0.05, 0) is 66.9 Å². The molecule has 3 aromatic carbocycles. The van der Waals surface area contributed by atoms with Gasteiger partial charge in [0.25, 0.3) is 15.9 Å². The molecule has 0 radical (unpaired) electrons. The molecule has 1 amide bonds. The molecule has 0 bridgehead atoms. The molecule has 1 heterocycles. The number of hydrogen-bond donors (Lipinski definition) is 2. The molecular formula is C26H29N3O3S2. The second-order valence-electron chi connectivity index (χ2n) is 8.45. The zero-order chi connectivity index (χ0) is 24.1. The third-order valence-corrected chi connectivity index (χ3v) is 8.26. The maximum absolute atomic E-state index is 12.9. The Balaban J connectivity index is 1.44. The van der Waals surface area contributed by atoms with Crippen LogP contribution in [0.15, 0.2) is 71.6 Å². The van der Waals surface area contributed by atoms with E-state index in [4.69, 9.17) is 0 Å². The summed E-state index contributed by atoms with van der Waals surface area (Å²) in [7, 11) is -3.72. The van der Waals surface area contributed by atoms with Gasteiger partial charge in [0.15, 0.2) is 0 Å². The van der Waals surface area contributed by atoms with Gasteiger partial charge in [-0.25, -0.2) is 8.42 Å². The first kappa shape index (κ1) is 24.3. The molecule has 178 valence electrons. The highest BCUT2D eigenvalue weighted by molar-refractivity contribution is 7.99. The minimum atomic E-state index is -3.72. The van der Waals surface area contributed by atoms with E-state index in [1.54, 1.807) is 43.3 Å². The Morgan fingerprint density at radius 3 is 2.41 bits per heavy atom. The number of thioether (sulfide) groups is 1. The van der Waals surface area contributed by atoms with E-state index in [0.717, 1.165) is 48.0 Å². The van der Waals surface area contributed by atoms with Crippen molar-refractivity contribution in [3.8, 4) is 0 Å². The normalized spacial score (nSPS) is 14.5. The Bertz CT molecular complexity index is 1270. The standard InChI is InChI=1S/C26H29N3O3S2/c1-19-7-8-20(2)25(17-19)34(31,32)28-23-11-9-21(10-12-23)26(30)27-24-6-4-3-5-22(24)18-29-13-15-33-16-14-29/h3-12,17,28H,13-16,18H2,1-2H3,(H,27,30). The first-order valence-corrected chi connectivity index (χ1v) is 13.8. The number of nitrogens with zero attached hydrogens (tertiary/aromatic N) is 1. The molecule has 1 aliphatic rings. The summed E-state index contributed by atoms with van der Waals surface area (Å²) in [4.78, 5) is 15.5. The number of amides is 1. The van der Waals surface area contributed by atoms with Crippen LogP contribution in [0.5, 0.6) is 0 Å². The van der Waals surface area contributed by atoms with E-state index in [9.17, 15) is 13.2 Å². The number of rotatable bonds is 7.